The first kappa shape index (κ1) is 16.7. The summed E-state index contributed by atoms with van der Waals surface area (Å²) in [6.45, 7) is 0.318. The molecule has 2 heterocycles. The molecule has 0 spiro atoms. The molecule has 4 rings (SSSR count). The highest BCUT2D eigenvalue weighted by atomic mass is 32.1. The highest BCUT2D eigenvalue weighted by molar-refractivity contribution is 7.17. The Morgan fingerprint density at radius 1 is 1.19 bits per heavy atom. The molecule has 4 nitrogen and oxygen atoms in total. The molecule has 26 heavy (non-hydrogen) atoms. The molecule has 0 bridgehead atoms. The number of fused-ring (bicyclic) bond motifs is 1. The SMILES string of the molecule is O=C1NC[C@H](c2ccc3sccc3c2)[C@H]1C(=O)Nc1cccc(F)c1F. The van der Waals surface area contributed by atoms with Crippen molar-refractivity contribution < 1.29 is 18.4 Å². The van der Waals surface area contributed by atoms with Gasteiger partial charge >= 0.3 is 0 Å². The van der Waals surface area contributed by atoms with Crippen molar-refractivity contribution in [1.29, 1.82) is 0 Å². The lowest BCUT2D eigenvalue weighted by molar-refractivity contribution is -0.130. The first-order valence-corrected chi connectivity index (χ1v) is 8.92. The van der Waals surface area contributed by atoms with Gasteiger partial charge in [0, 0.05) is 17.2 Å². The zero-order valence-corrected chi connectivity index (χ0v) is 14.3. The highest BCUT2D eigenvalue weighted by Gasteiger charge is 2.41. The Labute approximate surface area is 151 Å². The van der Waals surface area contributed by atoms with Crippen LogP contribution in [0.25, 0.3) is 10.1 Å². The molecule has 1 fully saturated rings. The van der Waals surface area contributed by atoms with E-state index in [0.29, 0.717) is 6.54 Å². The maximum atomic E-state index is 13.8. The van der Waals surface area contributed by atoms with Gasteiger partial charge in [0.15, 0.2) is 11.6 Å². The Morgan fingerprint density at radius 3 is 2.88 bits per heavy atom. The standard InChI is InChI=1S/C19H14F2N2O2S/c20-13-2-1-3-14(17(13)21)23-19(25)16-12(9-22-18(16)24)10-4-5-15-11(8-10)6-7-26-15/h1-8,12,16H,9H2,(H,22,24)(H,23,25)/t12-,16-/m1/s1. The van der Waals surface area contributed by atoms with E-state index in [1.165, 1.54) is 12.1 Å². The molecule has 1 aliphatic rings. The Balaban J connectivity index is 1.63. The molecule has 132 valence electrons. The first-order valence-electron chi connectivity index (χ1n) is 8.04. The number of hydrogen-bond acceptors (Lipinski definition) is 3. The van der Waals surface area contributed by atoms with Gasteiger partial charge in [-0.25, -0.2) is 8.78 Å². The van der Waals surface area contributed by atoms with Crippen LogP contribution in [0.15, 0.2) is 47.8 Å². The normalized spacial score (nSPS) is 19.5. The van der Waals surface area contributed by atoms with Gasteiger partial charge < -0.3 is 10.6 Å². The molecule has 7 heteroatoms. The summed E-state index contributed by atoms with van der Waals surface area (Å²) >= 11 is 1.61. The minimum atomic E-state index is -1.14. The van der Waals surface area contributed by atoms with Crippen LogP contribution < -0.4 is 10.6 Å². The van der Waals surface area contributed by atoms with Crippen LogP contribution in [0.3, 0.4) is 0 Å². The number of hydrogen-bond donors (Lipinski definition) is 2. The van der Waals surface area contributed by atoms with E-state index in [-0.39, 0.29) is 11.6 Å². The lowest BCUT2D eigenvalue weighted by atomic mass is 9.87. The zero-order chi connectivity index (χ0) is 18.3. The Morgan fingerprint density at radius 2 is 2.04 bits per heavy atom. The van der Waals surface area contributed by atoms with Gasteiger partial charge in [0.2, 0.25) is 11.8 Å². The van der Waals surface area contributed by atoms with Crippen LogP contribution in [0.2, 0.25) is 0 Å². The molecule has 2 atom stereocenters. The van der Waals surface area contributed by atoms with Crippen molar-refractivity contribution in [3.63, 3.8) is 0 Å². The molecule has 1 aromatic heterocycles. The number of nitrogens with one attached hydrogen (secondary N) is 2. The van der Waals surface area contributed by atoms with Crippen LogP contribution in [-0.4, -0.2) is 18.4 Å². The van der Waals surface area contributed by atoms with Crippen molar-refractivity contribution in [2.24, 2.45) is 5.92 Å². The van der Waals surface area contributed by atoms with Gasteiger partial charge in [-0.05, 0) is 46.7 Å². The minimum absolute atomic E-state index is 0.276. The van der Waals surface area contributed by atoms with Gasteiger partial charge in [-0.3, -0.25) is 9.59 Å². The van der Waals surface area contributed by atoms with Crippen molar-refractivity contribution in [1.82, 2.24) is 5.32 Å². The molecule has 2 amide bonds. The van der Waals surface area contributed by atoms with Crippen LogP contribution in [-0.2, 0) is 9.59 Å². The maximum absolute atomic E-state index is 13.8. The van der Waals surface area contributed by atoms with Crippen molar-refractivity contribution in [2.75, 3.05) is 11.9 Å². The van der Waals surface area contributed by atoms with E-state index in [1.807, 2.05) is 29.6 Å². The second-order valence-corrected chi connectivity index (χ2v) is 7.09. The number of anilines is 1. The molecule has 0 unspecified atom stereocenters. The highest BCUT2D eigenvalue weighted by Crippen LogP contribution is 2.33. The van der Waals surface area contributed by atoms with E-state index in [9.17, 15) is 18.4 Å². The molecule has 2 N–H and O–H groups in total. The summed E-state index contributed by atoms with van der Waals surface area (Å²) in [5.41, 5.74) is 0.579. The average molecular weight is 372 g/mol. The van der Waals surface area contributed by atoms with E-state index in [2.05, 4.69) is 10.6 Å². The van der Waals surface area contributed by atoms with Crippen LogP contribution in [0.4, 0.5) is 14.5 Å². The van der Waals surface area contributed by atoms with Crippen molar-refractivity contribution in [2.45, 2.75) is 5.92 Å². The second kappa shape index (κ2) is 6.49. The monoisotopic (exact) mass is 372 g/mol. The summed E-state index contributed by atoms with van der Waals surface area (Å²) in [5, 5.41) is 8.05. The Kier molecular flexibility index (Phi) is 4.16. The summed E-state index contributed by atoms with van der Waals surface area (Å²) in [4.78, 5) is 24.8. The van der Waals surface area contributed by atoms with Crippen LogP contribution in [0, 0.1) is 17.6 Å². The van der Waals surface area contributed by atoms with E-state index in [4.69, 9.17) is 0 Å². The van der Waals surface area contributed by atoms with Gasteiger partial charge in [0.05, 0.1) is 5.69 Å². The quantitative estimate of drug-likeness (QED) is 0.690. The number of thiophene rings is 1. The lowest BCUT2D eigenvalue weighted by Gasteiger charge is -2.17. The van der Waals surface area contributed by atoms with Crippen molar-refractivity contribution in [3.05, 3.63) is 65.0 Å². The molecule has 0 saturated carbocycles. The van der Waals surface area contributed by atoms with Crippen LogP contribution in [0.5, 0.6) is 0 Å². The van der Waals surface area contributed by atoms with Crippen molar-refractivity contribution in [3.8, 4) is 0 Å². The fraction of sp³-hybridized carbons (Fsp3) is 0.158. The first-order chi connectivity index (χ1) is 12.5. The van der Waals surface area contributed by atoms with Gasteiger partial charge in [-0.15, -0.1) is 11.3 Å². The minimum Gasteiger partial charge on any atom is -0.355 e. The number of benzene rings is 2. The summed E-state index contributed by atoms with van der Waals surface area (Å²) in [7, 11) is 0. The van der Waals surface area contributed by atoms with Crippen LogP contribution >= 0.6 is 11.3 Å². The number of carbonyl (C=O) groups is 2. The summed E-state index contributed by atoms with van der Waals surface area (Å²) in [6, 6.07) is 11.3. The number of carbonyl (C=O) groups excluding carboxylic acids is 2. The summed E-state index contributed by atoms with van der Waals surface area (Å²) in [5.74, 6) is -4.65. The van der Waals surface area contributed by atoms with Gasteiger partial charge in [0.25, 0.3) is 0 Å². The van der Waals surface area contributed by atoms with Gasteiger partial charge in [-0.1, -0.05) is 12.1 Å². The van der Waals surface area contributed by atoms with Gasteiger partial charge in [0.1, 0.15) is 5.92 Å². The Bertz CT molecular complexity index is 1020. The lowest BCUT2D eigenvalue weighted by Crippen LogP contribution is -2.32. The third-order valence-corrected chi connectivity index (χ3v) is 5.48. The third-order valence-electron chi connectivity index (χ3n) is 4.58. The number of halogens is 2. The zero-order valence-electron chi connectivity index (χ0n) is 13.5. The smallest absolute Gasteiger partial charge is 0.237 e. The van der Waals surface area contributed by atoms with Gasteiger partial charge in [-0.2, -0.15) is 0 Å². The molecule has 1 saturated heterocycles. The third kappa shape index (κ3) is 2.84. The number of rotatable bonds is 3. The topological polar surface area (TPSA) is 58.2 Å². The second-order valence-electron chi connectivity index (χ2n) is 6.14. The van der Waals surface area contributed by atoms with Crippen LogP contribution in [0.1, 0.15) is 11.5 Å². The fourth-order valence-corrected chi connectivity index (χ4v) is 4.03. The molecule has 0 radical (unpaired) electrons. The summed E-state index contributed by atoms with van der Waals surface area (Å²) in [6.07, 6.45) is 0. The van der Waals surface area contributed by atoms with E-state index in [1.54, 1.807) is 11.3 Å². The summed E-state index contributed by atoms with van der Waals surface area (Å²) < 4.78 is 28.3. The average Bonchev–Trinajstić information content (AvgIpc) is 3.24. The number of amides is 2. The largest absolute Gasteiger partial charge is 0.355 e. The van der Waals surface area contributed by atoms with Crippen molar-refractivity contribution >= 4 is 38.9 Å². The molecule has 1 aliphatic heterocycles. The molecular formula is C19H14F2N2O2S. The predicted octanol–water partition coefficient (Wildman–Crippen LogP) is 3.65. The Hall–Kier alpha value is -2.80. The molecular weight excluding hydrogens is 358 g/mol. The predicted molar refractivity (Wildman–Crippen MR) is 96.1 cm³/mol. The van der Waals surface area contributed by atoms with E-state index >= 15 is 0 Å². The molecule has 3 aromatic rings. The molecule has 2 aromatic carbocycles. The van der Waals surface area contributed by atoms with E-state index in [0.717, 1.165) is 21.7 Å². The fourth-order valence-electron chi connectivity index (χ4n) is 3.26. The maximum Gasteiger partial charge on any atom is 0.237 e. The van der Waals surface area contributed by atoms with E-state index < -0.39 is 29.4 Å². The molecule has 0 aliphatic carbocycles.